The van der Waals surface area contributed by atoms with E-state index in [1.807, 2.05) is 0 Å². The molecule has 0 spiro atoms. The zero-order valence-corrected chi connectivity index (χ0v) is 10.4. The average molecular weight is 241 g/mol. The van der Waals surface area contributed by atoms with Crippen LogP contribution in [0.3, 0.4) is 0 Å². The van der Waals surface area contributed by atoms with Gasteiger partial charge in [-0.2, -0.15) is 0 Å². The van der Waals surface area contributed by atoms with Crippen LogP contribution in [0, 0.1) is 0 Å². The second-order valence-electron chi connectivity index (χ2n) is 5.83. The van der Waals surface area contributed by atoms with E-state index < -0.39 is 5.60 Å². The third kappa shape index (κ3) is 2.81. The molecule has 0 aliphatic carbocycles. The molecule has 2 unspecified atom stereocenters. The number of ether oxygens (including phenoxy) is 2. The number of hydrogen-bond acceptors (Lipinski definition) is 4. The molecule has 0 aromatic carbocycles. The zero-order chi connectivity index (χ0) is 11.7. The Labute approximate surface area is 103 Å². The van der Waals surface area contributed by atoms with Crippen LogP contribution in [0.25, 0.3) is 0 Å². The lowest BCUT2D eigenvalue weighted by Crippen LogP contribution is -2.55. The molecule has 0 aromatic heterocycles. The molecule has 4 nitrogen and oxygen atoms in total. The van der Waals surface area contributed by atoms with Crippen LogP contribution in [-0.2, 0) is 9.47 Å². The maximum atomic E-state index is 10.7. The smallest absolute Gasteiger partial charge is 0.157 e. The fourth-order valence-corrected chi connectivity index (χ4v) is 3.60. The quantitative estimate of drug-likeness (QED) is 0.779. The van der Waals surface area contributed by atoms with Gasteiger partial charge in [-0.1, -0.05) is 6.42 Å². The van der Waals surface area contributed by atoms with Crippen LogP contribution in [-0.4, -0.2) is 42.3 Å². The summed E-state index contributed by atoms with van der Waals surface area (Å²) < 4.78 is 10.9. The first-order chi connectivity index (χ1) is 8.23. The van der Waals surface area contributed by atoms with E-state index in [0.717, 1.165) is 25.7 Å². The highest BCUT2D eigenvalue weighted by Gasteiger charge is 2.40. The summed E-state index contributed by atoms with van der Waals surface area (Å²) >= 11 is 0. The van der Waals surface area contributed by atoms with Gasteiger partial charge in [-0.05, 0) is 32.1 Å². The highest BCUT2D eigenvalue weighted by atomic mass is 16.7. The molecule has 2 bridgehead atoms. The van der Waals surface area contributed by atoms with Gasteiger partial charge in [0, 0.05) is 18.5 Å². The Morgan fingerprint density at radius 1 is 1.12 bits per heavy atom. The predicted octanol–water partition coefficient (Wildman–Crippen LogP) is 1.18. The van der Waals surface area contributed by atoms with E-state index >= 15 is 0 Å². The van der Waals surface area contributed by atoms with Gasteiger partial charge >= 0.3 is 0 Å². The molecular weight excluding hydrogens is 218 g/mol. The molecule has 3 rings (SSSR count). The van der Waals surface area contributed by atoms with Crippen LogP contribution in [0.15, 0.2) is 0 Å². The Bertz CT molecular complexity index is 253. The van der Waals surface area contributed by atoms with Crippen molar-refractivity contribution in [2.24, 2.45) is 0 Å². The van der Waals surface area contributed by atoms with Gasteiger partial charge in [0.25, 0.3) is 0 Å². The summed E-state index contributed by atoms with van der Waals surface area (Å²) in [6.07, 6.45) is 7.11. The molecule has 2 atom stereocenters. The number of fused-ring (bicyclic) bond motifs is 2. The highest BCUT2D eigenvalue weighted by Crippen LogP contribution is 2.36. The van der Waals surface area contributed by atoms with Gasteiger partial charge in [0.1, 0.15) is 0 Å². The molecule has 0 radical (unpaired) electrons. The number of rotatable bonds is 3. The molecule has 0 amide bonds. The van der Waals surface area contributed by atoms with Crippen molar-refractivity contribution in [2.75, 3.05) is 13.2 Å². The Morgan fingerprint density at radius 3 is 2.41 bits per heavy atom. The minimum Gasteiger partial charge on any atom is -0.390 e. The first-order valence-electron chi connectivity index (χ1n) is 6.95. The highest BCUT2D eigenvalue weighted by molar-refractivity contribution is 4.97. The number of nitrogens with one attached hydrogen (secondary N) is 1. The summed E-state index contributed by atoms with van der Waals surface area (Å²) in [4.78, 5) is 0. The van der Waals surface area contributed by atoms with Crippen molar-refractivity contribution in [2.45, 2.75) is 68.9 Å². The van der Waals surface area contributed by atoms with E-state index in [-0.39, 0.29) is 6.29 Å². The summed E-state index contributed by atoms with van der Waals surface area (Å²) in [6.45, 7) is 1.41. The molecule has 2 N–H and O–H groups in total. The summed E-state index contributed by atoms with van der Waals surface area (Å²) in [7, 11) is 0. The van der Waals surface area contributed by atoms with Crippen molar-refractivity contribution in [1.82, 2.24) is 5.32 Å². The predicted molar refractivity (Wildman–Crippen MR) is 63.7 cm³/mol. The van der Waals surface area contributed by atoms with Crippen LogP contribution in [0.5, 0.6) is 0 Å². The molecule has 0 saturated carbocycles. The average Bonchev–Trinajstić information content (AvgIpc) is 2.78. The van der Waals surface area contributed by atoms with Crippen molar-refractivity contribution in [3.05, 3.63) is 0 Å². The van der Waals surface area contributed by atoms with Gasteiger partial charge in [-0.15, -0.1) is 0 Å². The Kier molecular flexibility index (Phi) is 3.39. The van der Waals surface area contributed by atoms with E-state index in [1.54, 1.807) is 0 Å². The first-order valence-corrected chi connectivity index (χ1v) is 6.95. The van der Waals surface area contributed by atoms with Gasteiger partial charge in [-0.25, -0.2) is 0 Å². The van der Waals surface area contributed by atoms with Crippen molar-refractivity contribution >= 4 is 0 Å². The van der Waals surface area contributed by atoms with E-state index in [2.05, 4.69) is 5.32 Å². The lowest BCUT2D eigenvalue weighted by Gasteiger charge is -2.45. The van der Waals surface area contributed by atoms with Gasteiger partial charge in [0.2, 0.25) is 0 Å². The van der Waals surface area contributed by atoms with E-state index in [1.165, 1.54) is 19.3 Å². The summed E-state index contributed by atoms with van der Waals surface area (Å²) in [5, 5.41) is 14.3. The fourth-order valence-electron chi connectivity index (χ4n) is 3.60. The molecule has 3 fully saturated rings. The van der Waals surface area contributed by atoms with Crippen LogP contribution in [0.4, 0.5) is 0 Å². The second-order valence-corrected chi connectivity index (χ2v) is 5.83. The van der Waals surface area contributed by atoms with Gasteiger partial charge < -0.3 is 19.9 Å². The summed E-state index contributed by atoms with van der Waals surface area (Å²) in [5.74, 6) is 0. The molecule has 3 aliphatic rings. The molecule has 4 heteroatoms. The Hall–Kier alpha value is -0.160. The van der Waals surface area contributed by atoms with Gasteiger partial charge in [0.15, 0.2) is 6.29 Å². The number of aliphatic hydroxyl groups is 1. The van der Waals surface area contributed by atoms with Gasteiger partial charge in [-0.3, -0.25) is 0 Å². The third-order valence-electron chi connectivity index (χ3n) is 4.37. The monoisotopic (exact) mass is 241 g/mol. The van der Waals surface area contributed by atoms with Crippen LogP contribution in [0.2, 0.25) is 0 Å². The number of hydrogen-bond donors (Lipinski definition) is 2. The zero-order valence-electron chi connectivity index (χ0n) is 10.4. The third-order valence-corrected chi connectivity index (χ3v) is 4.37. The maximum absolute atomic E-state index is 10.7. The molecule has 17 heavy (non-hydrogen) atoms. The van der Waals surface area contributed by atoms with Crippen molar-refractivity contribution in [3.63, 3.8) is 0 Å². The van der Waals surface area contributed by atoms with Crippen LogP contribution < -0.4 is 5.32 Å². The standard InChI is InChI=1S/C13H23NO3/c15-13(5-4-12-16-6-7-17-12)8-10-2-1-3-11(9-13)14-10/h10-12,14-15H,1-9H2. The Morgan fingerprint density at radius 2 is 1.76 bits per heavy atom. The Balaban J connectivity index is 1.53. The van der Waals surface area contributed by atoms with Crippen LogP contribution in [0.1, 0.15) is 44.9 Å². The first kappa shape index (κ1) is 11.9. The molecule has 3 saturated heterocycles. The molecule has 3 aliphatic heterocycles. The molecular formula is C13H23NO3. The van der Waals surface area contributed by atoms with Crippen LogP contribution >= 0.6 is 0 Å². The molecule has 3 heterocycles. The largest absolute Gasteiger partial charge is 0.390 e. The lowest BCUT2D eigenvalue weighted by molar-refractivity contribution is -0.0842. The van der Waals surface area contributed by atoms with Crippen molar-refractivity contribution in [3.8, 4) is 0 Å². The molecule has 98 valence electrons. The van der Waals surface area contributed by atoms with Gasteiger partial charge in [0.05, 0.1) is 18.8 Å². The molecule has 0 aromatic rings. The lowest BCUT2D eigenvalue weighted by atomic mass is 9.75. The van der Waals surface area contributed by atoms with E-state index in [4.69, 9.17) is 9.47 Å². The SMILES string of the molecule is OC1(CCC2OCCO2)CC2CCCC(C1)N2. The normalized spacial score (nSPS) is 42.9. The van der Waals surface area contributed by atoms with E-state index in [0.29, 0.717) is 25.3 Å². The summed E-state index contributed by atoms with van der Waals surface area (Å²) in [6, 6.07) is 1.05. The maximum Gasteiger partial charge on any atom is 0.157 e. The van der Waals surface area contributed by atoms with Crippen molar-refractivity contribution < 1.29 is 14.6 Å². The minimum absolute atomic E-state index is 0.0752. The van der Waals surface area contributed by atoms with E-state index in [9.17, 15) is 5.11 Å². The second kappa shape index (κ2) is 4.84. The number of piperidine rings is 2. The topological polar surface area (TPSA) is 50.7 Å². The summed E-state index contributed by atoms with van der Waals surface area (Å²) in [5.41, 5.74) is -0.490. The fraction of sp³-hybridized carbons (Fsp3) is 1.00. The van der Waals surface area contributed by atoms with Crippen molar-refractivity contribution in [1.29, 1.82) is 0 Å². The minimum atomic E-state index is -0.490.